The predicted molar refractivity (Wildman–Crippen MR) is 73.8 cm³/mol. The maximum absolute atomic E-state index is 11.8. The van der Waals surface area contributed by atoms with Crippen molar-refractivity contribution >= 4 is 11.8 Å². The van der Waals surface area contributed by atoms with E-state index in [1.165, 1.54) is 6.07 Å². The summed E-state index contributed by atoms with van der Waals surface area (Å²) in [5.74, 6) is -1.28. The molecule has 2 aromatic rings. The average Bonchev–Trinajstić information content (AvgIpc) is 2.95. The smallest absolute Gasteiger partial charge is 0.395 e. The minimum atomic E-state index is -0.861. The number of carbonyl (C=O) groups excluding carboxylic acids is 1. The SMILES string of the molecule is Cc1ccccc1C(O)CNC(=O)c1ccc([N+](=O)[O-])o1. The number of nitrogens with zero attached hydrogens (tertiary/aromatic N) is 1. The molecule has 7 nitrogen and oxygen atoms in total. The number of furan rings is 1. The number of carbonyl (C=O) groups is 1. The summed E-state index contributed by atoms with van der Waals surface area (Å²) in [7, 11) is 0. The molecule has 1 amide bonds. The topological polar surface area (TPSA) is 106 Å². The molecular weight excluding hydrogens is 276 g/mol. The second-order valence-corrected chi connectivity index (χ2v) is 4.48. The highest BCUT2D eigenvalue weighted by molar-refractivity contribution is 5.91. The lowest BCUT2D eigenvalue weighted by molar-refractivity contribution is -0.402. The molecule has 1 heterocycles. The van der Waals surface area contributed by atoms with E-state index < -0.39 is 22.8 Å². The first-order valence-electron chi connectivity index (χ1n) is 6.25. The summed E-state index contributed by atoms with van der Waals surface area (Å²) >= 11 is 0. The minimum absolute atomic E-state index is 0.0157. The Labute approximate surface area is 120 Å². The lowest BCUT2D eigenvalue weighted by Crippen LogP contribution is -2.28. The van der Waals surface area contributed by atoms with Crippen molar-refractivity contribution in [1.29, 1.82) is 0 Å². The number of benzene rings is 1. The first-order valence-corrected chi connectivity index (χ1v) is 6.25. The fourth-order valence-electron chi connectivity index (χ4n) is 1.89. The third-order valence-corrected chi connectivity index (χ3v) is 3.00. The highest BCUT2D eigenvalue weighted by Gasteiger charge is 2.18. The van der Waals surface area contributed by atoms with Crippen LogP contribution in [0.4, 0.5) is 5.88 Å². The van der Waals surface area contributed by atoms with Crippen molar-refractivity contribution in [2.75, 3.05) is 6.54 Å². The van der Waals surface area contributed by atoms with E-state index in [0.29, 0.717) is 5.56 Å². The van der Waals surface area contributed by atoms with Crippen molar-refractivity contribution < 1.29 is 19.2 Å². The number of hydrogen-bond acceptors (Lipinski definition) is 5. The largest absolute Gasteiger partial charge is 0.433 e. The van der Waals surface area contributed by atoms with Crippen molar-refractivity contribution in [3.63, 3.8) is 0 Å². The number of hydrogen-bond donors (Lipinski definition) is 2. The number of aliphatic hydroxyl groups is 1. The van der Waals surface area contributed by atoms with Gasteiger partial charge in [-0.1, -0.05) is 24.3 Å². The Morgan fingerprint density at radius 3 is 2.71 bits per heavy atom. The summed E-state index contributed by atoms with van der Waals surface area (Å²) in [5, 5.41) is 23.0. The van der Waals surface area contributed by atoms with Crippen LogP contribution >= 0.6 is 0 Å². The van der Waals surface area contributed by atoms with E-state index in [1.54, 1.807) is 12.1 Å². The third-order valence-electron chi connectivity index (χ3n) is 3.00. The Morgan fingerprint density at radius 1 is 1.38 bits per heavy atom. The zero-order valence-corrected chi connectivity index (χ0v) is 11.3. The van der Waals surface area contributed by atoms with Crippen molar-refractivity contribution in [1.82, 2.24) is 5.32 Å². The molecule has 2 N–H and O–H groups in total. The van der Waals surface area contributed by atoms with E-state index in [1.807, 2.05) is 19.1 Å². The molecule has 0 saturated carbocycles. The maximum atomic E-state index is 11.8. The molecule has 0 aliphatic heterocycles. The van der Waals surface area contributed by atoms with Crippen LogP contribution in [-0.4, -0.2) is 22.5 Å². The quantitative estimate of drug-likeness (QED) is 0.646. The Bertz CT molecular complexity index is 665. The Balaban J connectivity index is 1.97. The van der Waals surface area contributed by atoms with Gasteiger partial charge in [0.25, 0.3) is 5.91 Å². The van der Waals surface area contributed by atoms with Crippen LogP contribution in [0.3, 0.4) is 0 Å². The summed E-state index contributed by atoms with van der Waals surface area (Å²) < 4.78 is 4.78. The number of rotatable bonds is 5. The number of aliphatic hydroxyl groups excluding tert-OH is 1. The number of aryl methyl sites for hydroxylation is 1. The highest BCUT2D eigenvalue weighted by atomic mass is 16.6. The lowest BCUT2D eigenvalue weighted by atomic mass is 10.0. The van der Waals surface area contributed by atoms with Crippen LogP contribution in [0.5, 0.6) is 0 Å². The molecule has 0 fully saturated rings. The van der Waals surface area contributed by atoms with Gasteiger partial charge in [0.15, 0.2) is 5.76 Å². The Morgan fingerprint density at radius 2 is 2.10 bits per heavy atom. The number of nitrogens with one attached hydrogen (secondary N) is 1. The lowest BCUT2D eigenvalue weighted by Gasteiger charge is -2.13. The highest BCUT2D eigenvalue weighted by Crippen LogP contribution is 2.18. The van der Waals surface area contributed by atoms with Crippen molar-refractivity contribution in [2.24, 2.45) is 0 Å². The van der Waals surface area contributed by atoms with Crippen molar-refractivity contribution in [3.05, 3.63) is 63.4 Å². The van der Waals surface area contributed by atoms with Crippen LogP contribution in [0.2, 0.25) is 0 Å². The van der Waals surface area contributed by atoms with Crippen molar-refractivity contribution in [3.8, 4) is 0 Å². The summed E-state index contributed by atoms with van der Waals surface area (Å²) in [6.45, 7) is 1.84. The van der Waals surface area contributed by atoms with E-state index >= 15 is 0 Å². The molecule has 0 aliphatic rings. The zero-order valence-electron chi connectivity index (χ0n) is 11.3. The molecule has 1 aromatic carbocycles. The van der Waals surface area contributed by atoms with E-state index in [2.05, 4.69) is 5.32 Å². The van der Waals surface area contributed by atoms with E-state index in [0.717, 1.165) is 11.6 Å². The van der Waals surface area contributed by atoms with Gasteiger partial charge in [-0.15, -0.1) is 0 Å². The standard InChI is InChI=1S/C14H14N2O5/c1-9-4-2-3-5-10(9)11(17)8-15-14(18)12-6-7-13(21-12)16(19)20/h2-7,11,17H,8H2,1H3,(H,15,18). The maximum Gasteiger partial charge on any atom is 0.433 e. The van der Waals surface area contributed by atoms with Gasteiger partial charge in [-0.25, -0.2) is 0 Å². The summed E-state index contributed by atoms with van der Waals surface area (Å²) in [6, 6.07) is 9.59. The first-order chi connectivity index (χ1) is 9.99. The predicted octanol–water partition coefficient (Wildman–Crippen LogP) is 1.96. The molecule has 2 rings (SSSR count). The Kier molecular flexibility index (Phi) is 4.34. The first kappa shape index (κ1) is 14.7. The molecule has 0 bridgehead atoms. The summed E-state index contributed by atoms with van der Waals surface area (Å²) in [6.07, 6.45) is -0.861. The zero-order chi connectivity index (χ0) is 15.4. The molecule has 110 valence electrons. The molecule has 0 radical (unpaired) electrons. The summed E-state index contributed by atoms with van der Waals surface area (Å²) in [4.78, 5) is 21.5. The fourth-order valence-corrected chi connectivity index (χ4v) is 1.89. The molecule has 0 saturated heterocycles. The van der Waals surface area contributed by atoms with Gasteiger partial charge in [0.1, 0.15) is 4.92 Å². The monoisotopic (exact) mass is 290 g/mol. The molecule has 1 atom stereocenters. The van der Waals surface area contributed by atoms with Crippen LogP contribution in [0.15, 0.2) is 40.8 Å². The molecule has 7 heteroatoms. The molecule has 1 aromatic heterocycles. The van der Waals surface area contributed by atoms with Crippen LogP contribution < -0.4 is 5.32 Å². The summed E-state index contributed by atoms with van der Waals surface area (Å²) in [5.41, 5.74) is 1.62. The molecule has 21 heavy (non-hydrogen) atoms. The second kappa shape index (κ2) is 6.19. The van der Waals surface area contributed by atoms with E-state index in [4.69, 9.17) is 4.42 Å². The normalized spacial score (nSPS) is 11.9. The molecule has 0 spiro atoms. The Hall–Kier alpha value is -2.67. The van der Waals surface area contributed by atoms with Gasteiger partial charge < -0.3 is 14.8 Å². The van der Waals surface area contributed by atoms with Crippen LogP contribution in [0.25, 0.3) is 0 Å². The van der Waals surface area contributed by atoms with Crippen molar-refractivity contribution in [2.45, 2.75) is 13.0 Å². The van der Waals surface area contributed by atoms with Gasteiger partial charge in [0, 0.05) is 6.54 Å². The van der Waals surface area contributed by atoms with Crippen LogP contribution in [0, 0.1) is 17.0 Å². The molecule has 1 unspecified atom stereocenters. The average molecular weight is 290 g/mol. The van der Waals surface area contributed by atoms with Crippen LogP contribution in [-0.2, 0) is 0 Å². The van der Waals surface area contributed by atoms with Gasteiger partial charge in [0.05, 0.1) is 12.2 Å². The van der Waals surface area contributed by atoms with Gasteiger partial charge in [-0.2, -0.15) is 0 Å². The van der Waals surface area contributed by atoms with Gasteiger partial charge in [-0.3, -0.25) is 14.9 Å². The van der Waals surface area contributed by atoms with Gasteiger partial charge >= 0.3 is 5.88 Å². The van der Waals surface area contributed by atoms with Crippen LogP contribution in [0.1, 0.15) is 27.8 Å². The second-order valence-electron chi connectivity index (χ2n) is 4.48. The van der Waals surface area contributed by atoms with E-state index in [9.17, 15) is 20.0 Å². The third kappa shape index (κ3) is 3.46. The molecular formula is C14H14N2O5. The minimum Gasteiger partial charge on any atom is -0.395 e. The van der Waals surface area contributed by atoms with Gasteiger partial charge in [-0.05, 0) is 24.1 Å². The number of amides is 1. The fraction of sp³-hybridized carbons (Fsp3) is 0.214. The number of nitro groups is 1. The van der Waals surface area contributed by atoms with E-state index in [-0.39, 0.29) is 12.3 Å². The molecule has 0 aliphatic carbocycles. The van der Waals surface area contributed by atoms with Gasteiger partial charge in [0.2, 0.25) is 0 Å².